The Balaban J connectivity index is 1.90. The summed E-state index contributed by atoms with van der Waals surface area (Å²) in [5.41, 5.74) is 6.37. The first-order valence-electron chi connectivity index (χ1n) is 8.32. The summed E-state index contributed by atoms with van der Waals surface area (Å²) >= 11 is 2.90. The monoisotopic (exact) mass is 517 g/mol. The van der Waals surface area contributed by atoms with Crippen LogP contribution in [0.4, 0.5) is 14.5 Å². The lowest BCUT2D eigenvalue weighted by molar-refractivity contribution is 0.100. The third kappa shape index (κ3) is 3.26. The number of anilines is 1. The largest absolute Gasteiger partial charge is 0.365 e. The van der Waals surface area contributed by atoms with E-state index in [0.717, 1.165) is 24.2 Å². The summed E-state index contributed by atoms with van der Waals surface area (Å²) in [5, 5.41) is 7.30. The Labute approximate surface area is 175 Å². The highest BCUT2D eigenvalue weighted by Gasteiger charge is 2.32. The standard InChI is InChI=1S/C17H14F2IN5O2S/c1-25-12(8(20)5-22-25)16(27)24-11-10-7(6-2-3-6)4-9(14(18)19)23-17(10)28-13(11)15(21)26/h4-6,14H,2-3H2,1H3,(H2,21,26)(H,24,27). The summed E-state index contributed by atoms with van der Waals surface area (Å²) < 4.78 is 28.6. The van der Waals surface area contributed by atoms with Gasteiger partial charge in [0, 0.05) is 12.4 Å². The van der Waals surface area contributed by atoms with Crippen molar-refractivity contribution in [3.63, 3.8) is 0 Å². The molecule has 28 heavy (non-hydrogen) atoms. The molecule has 146 valence electrons. The number of hydrogen-bond acceptors (Lipinski definition) is 5. The van der Waals surface area contributed by atoms with Crippen molar-refractivity contribution in [3.8, 4) is 0 Å². The van der Waals surface area contributed by atoms with Gasteiger partial charge in [-0.1, -0.05) is 0 Å². The van der Waals surface area contributed by atoms with Crippen molar-refractivity contribution < 1.29 is 18.4 Å². The minimum Gasteiger partial charge on any atom is -0.365 e. The Morgan fingerprint density at radius 1 is 1.43 bits per heavy atom. The van der Waals surface area contributed by atoms with Gasteiger partial charge in [0.25, 0.3) is 18.2 Å². The number of aryl methyl sites for hydroxylation is 1. The van der Waals surface area contributed by atoms with Gasteiger partial charge in [-0.25, -0.2) is 13.8 Å². The molecular formula is C17H14F2IN5O2S. The Morgan fingerprint density at radius 3 is 2.68 bits per heavy atom. The normalized spacial score (nSPS) is 14.0. The lowest BCUT2D eigenvalue weighted by Gasteiger charge is -2.10. The molecule has 3 aromatic rings. The zero-order valence-electron chi connectivity index (χ0n) is 14.5. The van der Waals surface area contributed by atoms with Crippen molar-refractivity contribution in [1.82, 2.24) is 14.8 Å². The highest BCUT2D eigenvalue weighted by molar-refractivity contribution is 14.1. The molecule has 0 atom stereocenters. The maximum Gasteiger partial charge on any atom is 0.280 e. The van der Waals surface area contributed by atoms with Crippen LogP contribution in [0.25, 0.3) is 10.2 Å². The summed E-state index contributed by atoms with van der Waals surface area (Å²) in [4.78, 5) is 29.2. The molecule has 11 heteroatoms. The molecule has 0 radical (unpaired) electrons. The first-order valence-corrected chi connectivity index (χ1v) is 10.2. The van der Waals surface area contributed by atoms with Gasteiger partial charge in [-0.2, -0.15) is 5.10 Å². The third-order valence-electron chi connectivity index (χ3n) is 4.52. The molecule has 0 spiro atoms. The average molecular weight is 517 g/mol. The van der Waals surface area contributed by atoms with E-state index in [2.05, 4.69) is 15.4 Å². The van der Waals surface area contributed by atoms with E-state index in [4.69, 9.17) is 5.73 Å². The number of carbonyl (C=O) groups excluding carboxylic acids is 2. The number of hydrogen-bond donors (Lipinski definition) is 2. The minimum atomic E-state index is -2.73. The minimum absolute atomic E-state index is 0.0846. The summed E-state index contributed by atoms with van der Waals surface area (Å²) in [7, 11) is 1.63. The van der Waals surface area contributed by atoms with Gasteiger partial charge in [-0.3, -0.25) is 14.3 Å². The molecule has 7 nitrogen and oxygen atoms in total. The van der Waals surface area contributed by atoms with E-state index in [0.29, 0.717) is 20.2 Å². The van der Waals surface area contributed by atoms with E-state index in [1.807, 2.05) is 22.6 Å². The lowest BCUT2D eigenvalue weighted by Crippen LogP contribution is -2.20. The van der Waals surface area contributed by atoms with Crippen molar-refractivity contribution in [2.75, 3.05) is 5.32 Å². The van der Waals surface area contributed by atoms with E-state index in [1.165, 1.54) is 10.7 Å². The average Bonchev–Trinajstić information content (AvgIpc) is 3.33. The lowest BCUT2D eigenvalue weighted by atomic mass is 10.0. The Bertz CT molecular complexity index is 1100. The Kier molecular flexibility index (Phi) is 4.81. The van der Waals surface area contributed by atoms with Crippen molar-refractivity contribution in [3.05, 3.63) is 37.7 Å². The van der Waals surface area contributed by atoms with E-state index >= 15 is 0 Å². The van der Waals surface area contributed by atoms with Crippen LogP contribution in [0.15, 0.2) is 12.3 Å². The predicted octanol–water partition coefficient (Wildman–Crippen LogP) is 3.80. The summed E-state index contributed by atoms with van der Waals surface area (Å²) in [5.74, 6) is -1.12. The smallest absolute Gasteiger partial charge is 0.280 e. The maximum atomic E-state index is 13.3. The van der Waals surface area contributed by atoms with Gasteiger partial charge in [0.15, 0.2) is 0 Å². The van der Waals surface area contributed by atoms with E-state index in [9.17, 15) is 18.4 Å². The number of aromatic nitrogens is 3. The van der Waals surface area contributed by atoms with Crippen LogP contribution >= 0.6 is 33.9 Å². The molecule has 0 aliphatic heterocycles. The van der Waals surface area contributed by atoms with E-state index < -0.39 is 18.2 Å². The van der Waals surface area contributed by atoms with Gasteiger partial charge in [-0.15, -0.1) is 11.3 Å². The van der Waals surface area contributed by atoms with Crippen LogP contribution in [0.5, 0.6) is 0 Å². The Hall–Kier alpha value is -2.15. The number of amides is 2. The zero-order chi connectivity index (χ0) is 20.2. The van der Waals surface area contributed by atoms with Gasteiger partial charge in [0.05, 0.1) is 15.5 Å². The molecule has 1 saturated carbocycles. The second kappa shape index (κ2) is 7.03. The van der Waals surface area contributed by atoms with Crippen LogP contribution in [-0.2, 0) is 7.05 Å². The van der Waals surface area contributed by atoms with Crippen LogP contribution in [0.2, 0.25) is 0 Å². The van der Waals surface area contributed by atoms with Crippen molar-refractivity contribution in [1.29, 1.82) is 0 Å². The van der Waals surface area contributed by atoms with Crippen LogP contribution < -0.4 is 11.1 Å². The molecule has 4 rings (SSSR count). The van der Waals surface area contributed by atoms with Gasteiger partial charge >= 0.3 is 0 Å². The van der Waals surface area contributed by atoms with Gasteiger partial charge in [0.2, 0.25) is 0 Å². The summed E-state index contributed by atoms with van der Waals surface area (Å²) in [6.07, 6.45) is 0.533. The third-order valence-corrected chi connectivity index (χ3v) is 6.41. The number of alkyl halides is 2. The number of nitrogens with two attached hydrogens (primary N) is 1. The fraction of sp³-hybridized carbons (Fsp3) is 0.294. The molecule has 0 saturated heterocycles. The molecule has 3 N–H and O–H groups in total. The second-order valence-corrected chi connectivity index (χ2v) is 8.64. The number of rotatable bonds is 5. The number of primary amides is 1. The summed E-state index contributed by atoms with van der Waals surface area (Å²) in [6.45, 7) is 0. The highest BCUT2D eigenvalue weighted by atomic mass is 127. The van der Waals surface area contributed by atoms with Crippen LogP contribution in [0.1, 0.15) is 56.6 Å². The zero-order valence-corrected chi connectivity index (χ0v) is 17.5. The molecule has 1 fully saturated rings. The molecule has 0 bridgehead atoms. The SMILES string of the molecule is Cn1ncc(I)c1C(=O)Nc1c(C(N)=O)sc2nc(C(F)F)cc(C3CC3)c12. The molecule has 1 aliphatic carbocycles. The number of pyridine rings is 1. The van der Waals surface area contributed by atoms with Gasteiger partial charge < -0.3 is 11.1 Å². The number of nitrogens with zero attached hydrogens (tertiary/aromatic N) is 3. The maximum absolute atomic E-state index is 13.3. The number of fused-ring (bicyclic) bond motifs is 1. The highest BCUT2D eigenvalue weighted by Crippen LogP contribution is 2.48. The number of thiophene rings is 1. The molecular weight excluding hydrogens is 503 g/mol. The number of carbonyl (C=O) groups is 2. The van der Waals surface area contributed by atoms with Crippen LogP contribution in [0, 0.1) is 3.57 Å². The van der Waals surface area contributed by atoms with Crippen molar-refractivity contribution >= 4 is 61.6 Å². The molecule has 3 aromatic heterocycles. The number of halogens is 3. The van der Waals surface area contributed by atoms with Crippen LogP contribution in [0.3, 0.4) is 0 Å². The molecule has 3 heterocycles. The topological polar surface area (TPSA) is 103 Å². The Morgan fingerprint density at radius 2 is 2.14 bits per heavy atom. The van der Waals surface area contributed by atoms with E-state index in [-0.39, 0.29) is 27.0 Å². The molecule has 1 aliphatic rings. The van der Waals surface area contributed by atoms with Gasteiger partial charge in [0.1, 0.15) is 21.1 Å². The van der Waals surface area contributed by atoms with E-state index in [1.54, 1.807) is 13.2 Å². The summed E-state index contributed by atoms with van der Waals surface area (Å²) in [6, 6.07) is 1.37. The quantitative estimate of drug-likeness (QED) is 0.503. The fourth-order valence-electron chi connectivity index (χ4n) is 3.11. The van der Waals surface area contributed by atoms with Gasteiger partial charge in [-0.05, 0) is 53.0 Å². The molecule has 2 amide bonds. The molecule has 0 unspecified atom stereocenters. The first-order chi connectivity index (χ1) is 13.3. The predicted molar refractivity (Wildman–Crippen MR) is 109 cm³/mol. The fourth-order valence-corrected chi connectivity index (χ4v) is 4.85. The van der Waals surface area contributed by atoms with Crippen molar-refractivity contribution in [2.24, 2.45) is 12.8 Å². The number of nitrogens with one attached hydrogen (secondary N) is 1. The molecule has 0 aromatic carbocycles. The second-order valence-electron chi connectivity index (χ2n) is 6.48. The first kappa shape index (κ1) is 19.2. The van der Waals surface area contributed by atoms with Crippen LogP contribution in [-0.4, -0.2) is 26.6 Å². The van der Waals surface area contributed by atoms with Crippen molar-refractivity contribution in [2.45, 2.75) is 25.2 Å².